The Bertz CT molecular complexity index is 683. The van der Waals surface area contributed by atoms with E-state index < -0.39 is 10.0 Å². The molecule has 7 nitrogen and oxygen atoms in total. The van der Waals surface area contributed by atoms with Crippen LogP contribution in [0.2, 0.25) is 0 Å². The van der Waals surface area contributed by atoms with Crippen molar-refractivity contribution in [2.75, 3.05) is 30.3 Å². The van der Waals surface area contributed by atoms with Crippen molar-refractivity contribution in [2.24, 2.45) is 0 Å². The van der Waals surface area contributed by atoms with Crippen molar-refractivity contribution in [3.63, 3.8) is 0 Å². The Kier molecular flexibility index (Phi) is 5.10. The van der Waals surface area contributed by atoms with Gasteiger partial charge in [-0.25, -0.2) is 8.42 Å². The normalized spacial score (nSPS) is 11.3. The number of nitrogens with one attached hydrogen (secondary N) is 2. The molecule has 0 aliphatic carbocycles. The third-order valence-corrected chi connectivity index (χ3v) is 5.34. The topological polar surface area (TPSA) is 93.2 Å². The zero-order chi connectivity index (χ0) is 15.3. The Morgan fingerprint density at radius 1 is 1.19 bits per heavy atom. The van der Waals surface area contributed by atoms with Crippen molar-refractivity contribution in [1.29, 1.82) is 0 Å². The highest BCUT2D eigenvalue weighted by molar-refractivity contribution is 7.94. The Morgan fingerprint density at radius 2 is 1.90 bits per heavy atom. The molecule has 0 atom stereocenters. The summed E-state index contributed by atoms with van der Waals surface area (Å²) < 4.78 is 31.8. The third-order valence-electron chi connectivity index (χ3n) is 2.50. The number of aryl methyl sites for hydroxylation is 1. The molecule has 0 spiro atoms. The van der Waals surface area contributed by atoms with Crippen molar-refractivity contribution in [3.05, 3.63) is 29.1 Å². The fourth-order valence-corrected chi connectivity index (χ4v) is 3.79. The van der Waals surface area contributed by atoms with Crippen molar-refractivity contribution < 1.29 is 13.2 Å². The molecule has 0 fully saturated rings. The van der Waals surface area contributed by atoms with Crippen LogP contribution in [-0.2, 0) is 14.8 Å². The Hall–Kier alpha value is -1.71. The highest BCUT2D eigenvalue weighted by Crippen LogP contribution is 2.22. The van der Waals surface area contributed by atoms with E-state index >= 15 is 0 Å². The van der Waals surface area contributed by atoms with E-state index in [-0.39, 0.29) is 10.0 Å². The van der Waals surface area contributed by atoms with E-state index in [1.165, 1.54) is 11.3 Å². The van der Waals surface area contributed by atoms with Gasteiger partial charge in [-0.1, -0.05) is 0 Å². The van der Waals surface area contributed by atoms with Crippen LogP contribution in [0.4, 0.5) is 11.6 Å². The number of anilines is 2. The number of sulfonamides is 1. The lowest BCUT2D eigenvalue weighted by molar-refractivity contribution is 0.210. The fraction of sp³-hybridized carbons (Fsp3) is 0.333. The first kappa shape index (κ1) is 15.7. The second-order valence-corrected chi connectivity index (χ2v) is 7.39. The lowest BCUT2D eigenvalue weighted by Crippen LogP contribution is -2.14. The molecule has 2 aromatic heterocycles. The summed E-state index contributed by atoms with van der Waals surface area (Å²) >= 11 is 1.21. The quantitative estimate of drug-likeness (QED) is 0.752. The molecule has 0 bridgehead atoms. The van der Waals surface area contributed by atoms with Gasteiger partial charge in [0.05, 0.1) is 6.61 Å². The predicted molar refractivity (Wildman–Crippen MR) is 82.3 cm³/mol. The standard InChI is InChI=1S/C12H16N4O3S2/c1-9-3-6-12(20-9)21(17,18)16-11-5-4-10(14-15-11)13-7-8-19-2/h3-6H,7-8H2,1-2H3,(H,13,14)(H,15,16). The monoisotopic (exact) mass is 328 g/mol. The summed E-state index contributed by atoms with van der Waals surface area (Å²) in [5.41, 5.74) is 0. The van der Waals surface area contributed by atoms with Gasteiger partial charge in [0.25, 0.3) is 10.0 Å². The molecule has 0 amide bonds. The van der Waals surface area contributed by atoms with Gasteiger partial charge in [0.15, 0.2) is 5.82 Å². The van der Waals surface area contributed by atoms with Gasteiger partial charge in [0.2, 0.25) is 0 Å². The van der Waals surface area contributed by atoms with Crippen LogP contribution in [-0.4, -0.2) is 38.9 Å². The van der Waals surface area contributed by atoms with Crippen LogP contribution >= 0.6 is 11.3 Å². The molecular formula is C12H16N4O3S2. The Balaban J connectivity index is 2.03. The predicted octanol–water partition coefficient (Wildman–Crippen LogP) is 1.71. The molecule has 0 aliphatic heterocycles. The number of methoxy groups -OCH3 is 1. The maximum Gasteiger partial charge on any atom is 0.272 e. The number of hydrogen-bond donors (Lipinski definition) is 2. The van der Waals surface area contributed by atoms with Crippen molar-refractivity contribution in [2.45, 2.75) is 11.1 Å². The zero-order valence-electron chi connectivity index (χ0n) is 11.7. The third kappa shape index (κ3) is 4.38. The van der Waals surface area contributed by atoms with Crippen LogP contribution < -0.4 is 10.0 Å². The number of nitrogens with zero attached hydrogens (tertiary/aromatic N) is 2. The largest absolute Gasteiger partial charge is 0.383 e. The summed E-state index contributed by atoms with van der Waals surface area (Å²) in [5.74, 6) is 0.736. The molecule has 2 heterocycles. The van der Waals surface area contributed by atoms with Gasteiger partial charge < -0.3 is 10.1 Å². The number of thiophene rings is 1. The first-order valence-electron chi connectivity index (χ1n) is 6.17. The first-order valence-corrected chi connectivity index (χ1v) is 8.47. The molecule has 2 rings (SSSR count). The smallest absolute Gasteiger partial charge is 0.272 e. The minimum atomic E-state index is -3.60. The van der Waals surface area contributed by atoms with Crippen molar-refractivity contribution >= 4 is 33.0 Å². The molecule has 0 aromatic carbocycles. The van der Waals surface area contributed by atoms with Crippen LogP contribution in [0.15, 0.2) is 28.5 Å². The number of ether oxygens (including phenoxy) is 1. The van der Waals surface area contributed by atoms with E-state index in [2.05, 4.69) is 20.2 Å². The minimum absolute atomic E-state index is 0.179. The molecule has 0 saturated carbocycles. The van der Waals surface area contributed by atoms with Crippen LogP contribution in [0.1, 0.15) is 4.88 Å². The van der Waals surface area contributed by atoms with E-state index in [0.717, 1.165) is 4.88 Å². The van der Waals surface area contributed by atoms with Gasteiger partial charge >= 0.3 is 0 Å². The van der Waals surface area contributed by atoms with E-state index in [1.54, 1.807) is 31.4 Å². The van der Waals surface area contributed by atoms with Gasteiger partial charge in [0.1, 0.15) is 10.0 Å². The molecule has 114 valence electrons. The molecule has 21 heavy (non-hydrogen) atoms. The van der Waals surface area contributed by atoms with Gasteiger partial charge in [0, 0.05) is 18.5 Å². The summed E-state index contributed by atoms with van der Waals surface area (Å²) in [7, 11) is -1.99. The van der Waals surface area contributed by atoms with E-state index in [9.17, 15) is 8.42 Å². The maximum absolute atomic E-state index is 12.1. The fourth-order valence-electron chi connectivity index (χ4n) is 1.51. The minimum Gasteiger partial charge on any atom is -0.383 e. The summed E-state index contributed by atoms with van der Waals surface area (Å²) in [4.78, 5) is 0.930. The molecular weight excluding hydrogens is 312 g/mol. The molecule has 2 N–H and O–H groups in total. The van der Waals surface area contributed by atoms with Gasteiger partial charge in [-0.2, -0.15) is 0 Å². The molecule has 0 unspecified atom stereocenters. The molecule has 2 aromatic rings. The number of aromatic nitrogens is 2. The molecule has 0 radical (unpaired) electrons. The highest BCUT2D eigenvalue weighted by Gasteiger charge is 2.17. The zero-order valence-corrected chi connectivity index (χ0v) is 13.3. The lowest BCUT2D eigenvalue weighted by atomic mass is 10.5. The Morgan fingerprint density at radius 3 is 2.48 bits per heavy atom. The summed E-state index contributed by atoms with van der Waals surface area (Å²) in [5, 5.41) is 10.7. The van der Waals surface area contributed by atoms with Crippen molar-refractivity contribution in [1.82, 2.24) is 10.2 Å². The van der Waals surface area contributed by atoms with Gasteiger partial charge in [-0.05, 0) is 31.2 Å². The van der Waals surface area contributed by atoms with Gasteiger partial charge in [-0.15, -0.1) is 21.5 Å². The number of rotatable bonds is 7. The van der Waals surface area contributed by atoms with Crippen LogP contribution in [0.25, 0.3) is 0 Å². The molecule has 0 saturated heterocycles. The van der Waals surface area contributed by atoms with Crippen LogP contribution in [0.3, 0.4) is 0 Å². The SMILES string of the molecule is COCCNc1ccc(NS(=O)(=O)c2ccc(C)s2)nn1. The summed E-state index contributed by atoms with van der Waals surface area (Å²) in [6.45, 7) is 3.00. The highest BCUT2D eigenvalue weighted by atomic mass is 32.2. The maximum atomic E-state index is 12.1. The van der Waals surface area contributed by atoms with Gasteiger partial charge in [-0.3, -0.25) is 4.72 Å². The summed E-state index contributed by atoms with van der Waals surface area (Å²) in [6, 6.07) is 6.53. The second-order valence-electron chi connectivity index (χ2n) is 4.19. The van der Waals surface area contributed by atoms with Crippen LogP contribution in [0, 0.1) is 6.92 Å². The lowest BCUT2D eigenvalue weighted by Gasteiger charge is -2.06. The summed E-state index contributed by atoms with van der Waals surface area (Å²) in [6.07, 6.45) is 0. The van der Waals surface area contributed by atoms with E-state index in [4.69, 9.17) is 4.74 Å². The molecule has 0 aliphatic rings. The Labute approximate surface area is 127 Å². The van der Waals surface area contributed by atoms with Crippen LogP contribution in [0.5, 0.6) is 0 Å². The van der Waals surface area contributed by atoms with E-state index in [0.29, 0.717) is 19.0 Å². The second kappa shape index (κ2) is 6.83. The van der Waals surface area contributed by atoms with Crippen molar-refractivity contribution in [3.8, 4) is 0 Å². The average Bonchev–Trinajstić information content (AvgIpc) is 2.88. The molecule has 9 heteroatoms. The average molecular weight is 328 g/mol. The van der Waals surface area contributed by atoms with E-state index in [1.807, 2.05) is 6.92 Å². The first-order chi connectivity index (χ1) is 10.0. The number of hydrogen-bond acceptors (Lipinski definition) is 7.